The number of fused-ring (bicyclic) bond motifs is 2. The number of methoxy groups -OCH3 is 2. The molecule has 0 saturated carbocycles. The Balaban J connectivity index is 1.17. The quantitative estimate of drug-likeness (QED) is 0.231. The van der Waals surface area contributed by atoms with Crippen molar-refractivity contribution in [1.82, 2.24) is 0 Å². The monoisotopic (exact) mass is 896 g/mol. The minimum absolute atomic E-state index is 0.0640. The molecule has 0 aromatic rings. The molecule has 2 bridgehead atoms. The van der Waals surface area contributed by atoms with Crippen molar-refractivity contribution in [3.05, 3.63) is 59.3 Å². The number of carbonyl (C=O) groups excluding carboxylic acids is 1. The Hall–Kier alpha value is -2.62. The van der Waals surface area contributed by atoms with Gasteiger partial charge in [0.25, 0.3) is 0 Å². The van der Waals surface area contributed by atoms with Crippen LogP contribution in [0.2, 0.25) is 0 Å². The number of nitriles is 1. The van der Waals surface area contributed by atoms with E-state index in [2.05, 4.69) is 39.8 Å². The molecule has 2 aliphatic carbocycles. The predicted octanol–water partition coefficient (Wildman–Crippen LogP) is 5.93. The summed E-state index contributed by atoms with van der Waals surface area (Å²) in [6, 6.07) is 2.05. The van der Waals surface area contributed by atoms with Gasteiger partial charge in [0.15, 0.2) is 18.4 Å². The highest BCUT2D eigenvalue weighted by molar-refractivity contribution is 5.88. The highest BCUT2D eigenvalue weighted by Gasteiger charge is 2.60. The van der Waals surface area contributed by atoms with Crippen molar-refractivity contribution in [2.24, 2.45) is 29.6 Å². The first-order valence-electron chi connectivity index (χ1n) is 23.5. The first-order valence-corrected chi connectivity index (χ1v) is 23.5. The molecule has 4 fully saturated rings. The van der Waals surface area contributed by atoms with Crippen LogP contribution in [0, 0.1) is 40.9 Å². The Morgan fingerprint density at radius 3 is 2.42 bits per heavy atom. The lowest BCUT2D eigenvalue weighted by molar-refractivity contribution is -0.331. The molecule has 0 aromatic heterocycles. The van der Waals surface area contributed by atoms with Crippen molar-refractivity contribution >= 4 is 5.78 Å². The summed E-state index contributed by atoms with van der Waals surface area (Å²) < 4.78 is 57.8. The number of hydrogen-bond donors (Lipinski definition) is 3. The Bertz CT molecular complexity index is 1870. The van der Waals surface area contributed by atoms with E-state index < -0.39 is 96.3 Å². The minimum atomic E-state index is -1.76. The summed E-state index contributed by atoms with van der Waals surface area (Å²) in [6.07, 6.45) is 9.01. The number of aliphatic hydroxyl groups excluding tert-OH is 1. The first kappa shape index (κ1) is 49.3. The van der Waals surface area contributed by atoms with Crippen LogP contribution in [-0.2, 0) is 47.4 Å². The molecule has 356 valence electrons. The fraction of sp³-hybridized carbons (Fsp3) is 0.760. The fourth-order valence-corrected chi connectivity index (χ4v) is 11.3. The maximum Gasteiger partial charge on any atom is 0.189 e. The number of Topliss-reactive ketones (excluding diaryl/α,β-unsaturated/α-hetero) is 1. The number of ketones is 1. The van der Waals surface area contributed by atoms with Gasteiger partial charge >= 0.3 is 0 Å². The largest absolute Gasteiger partial charge is 0.386 e. The zero-order valence-corrected chi connectivity index (χ0v) is 39.4. The van der Waals surface area contributed by atoms with Crippen LogP contribution in [0.15, 0.2) is 59.3 Å². The molecule has 64 heavy (non-hydrogen) atoms. The average Bonchev–Trinajstić information content (AvgIpc) is 3.61. The summed E-state index contributed by atoms with van der Waals surface area (Å²) >= 11 is 0. The third kappa shape index (κ3) is 9.45. The molecule has 5 aliphatic heterocycles. The van der Waals surface area contributed by atoms with Gasteiger partial charge in [-0.2, -0.15) is 5.26 Å². The summed E-state index contributed by atoms with van der Waals surface area (Å²) in [6.45, 7) is 16.1. The van der Waals surface area contributed by atoms with Crippen LogP contribution in [0.25, 0.3) is 0 Å². The molecule has 0 radical (unpaired) electrons. The molecule has 0 aromatic carbocycles. The van der Waals surface area contributed by atoms with E-state index in [9.17, 15) is 20.6 Å². The van der Waals surface area contributed by atoms with Crippen LogP contribution >= 0.6 is 0 Å². The molecule has 5 heterocycles. The van der Waals surface area contributed by atoms with Gasteiger partial charge in [0.1, 0.15) is 35.3 Å². The van der Waals surface area contributed by atoms with Gasteiger partial charge < -0.3 is 58.0 Å². The second kappa shape index (κ2) is 19.9. The van der Waals surface area contributed by atoms with E-state index in [0.29, 0.717) is 36.8 Å². The second-order valence-electron chi connectivity index (χ2n) is 19.7. The standard InChI is InChI=1S/C50H73NO13/c1-11-27(2)45-30(5)17-18-48(64-45)25-34-22-36(63-48)16-15-29(4)44(28(3)13-12-14-35-26-58-47-42(52)31(6)21-37(43(34)53)50(35,47)55)61-40-23-38(56-9)46(32(7)59-40)62-41-24-39(57-10)49(54,19-20-51)33(8)60-41/h12-15,17-18,21,27-28,30,32-34,36-42,44-47,52,54-55H,11,16,19,22-26H2,1-10H3/b13-12+,29-15+,35-14+/t27?,28-,30-,32-,33-,34-,36+,37-,38?,39-,40-,41-,42+,44-,45+,46-,47+,48+,49+,50+/m0/s1. The van der Waals surface area contributed by atoms with Crippen molar-refractivity contribution in [3.8, 4) is 6.07 Å². The topological polar surface area (TPSA) is 185 Å². The van der Waals surface area contributed by atoms with E-state index >= 15 is 4.79 Å². The van der Waals surface area contributed by atoms with Crippen LogP contribution in [0.5, 0.6) is 0 Å². The molecule has 7 aliphatic rings. The third-order valence-corrected chi connectivity index (χ3v) is 15.4. The summed E-state index contributed by atoms with van der Waals surface area (Å²) in [7, 11) is 3.13. The van der Waals surface area contributed by atoms with E-state index in [1.807, 2.05) is 44.2 Å². The van der Waals surface area contributed by atoms with E-state index in [0.717, 1.165) is 12.0 Å². The predicted molar refractivity (Wildman–Crippen MR) is 235 cm³/mol. The Morgan fingerprint density at radius 1 is 0.969 bits per heavy atom. The van der Waals surface area contributed by atoms with Crippen molar-refractivity contribution in [1.29, 1.82) is 5.26 Å². The number of ether oxygens (including phenoxy) is 9. The molecule has 2 unspecified atom stereocenters. The SMILES string of the molecule is CCC(C)[C@H]1O[C@]2(C=C[C@@H]1C)C[C@@H]1C[C@@H](C/C=C(\C)[C@@H](O[C@H]3CC(OC)[C@@H](O[C@H]4C[C@H](OC)[C@@](O)(CC#N)[C@H](C)O4)[C@H](C)O3)[C@@H](C)/C=C/C=C3\CO[C@@H]4[C@H](O)C(C)=C[C@@H](C1=O)[C@]34O)O2. The summed E-state index contributed by atoms with van der Waals surface area (Å²) in [4.78, 5) is 15.0. The van der Waals surface area contributed by atoms with Crippen LogP contribution in [0.1, 0.15) is 100 Å². The summed E-state index contributed by atoms with van der Waals surface area (Å²) in [5.74, 6) is -2.48. The molecule has 3 N–H and O–H groups in total. The summed E-state index contributed by atoms with van der Waals surface area (Å²) in [5, 5.41) is 44.7. The van der Waals surface area contributed by atoms with Crippen molar-refractivity contribution in [3.63, 3.8) is 0 Å². The lowest BCUT2D eigenvalue weighted by Gasteiger charge is -2.49. The van der Waals surface area contributed by atoms with Crippen molar-refractivity contribution in [2.45, 2.75) is 191 Å². The lowest BCUT2D eigenvalue weighted by atomic mass is 9.66. The molecular formula is C50H73NO13. The van der Waals surface area contributed by atoms with Gasteiger partial charge in [-0.05, 0) is 69.2 Å². The van der Waals surface area contributed by atoms with Crippen molar-refractivity contribution in [2.75, 3.05) is 20.8 Å². The maximum atomic E-state index is 15.0. The van der Waals surface area contributed by atoms with Gasteiger partial charge in [0.05, 0.1) is 67.7 Å². The van der Waals surface area contributed by atoms with E-state index in [-0.39, 0.29) is 49.1 Å². The van der Waals surface area contributed by atoms with Gasteiger partial charge in [-0.1, -0.05) is 70.6 Å². The molecule has 4 saturated heterocycles. The van der Waals surface area contributed by atoms with E-state index in [4.69, 9.17) is 42.6 Å². The third-order valence-electron chi connectivity index (χ3n) is 15.4. The number of aliphatic hydroxyl groups is 3. The Labute approximate surface area is 379 Å². The van der Waals surface area contributed by atoms with Gasteiger partial charge in [-0.15, -0.1) is 0 Å². The fourth-order valence-electron chi connectivity index (χ4n) is 11.3. The molecular weight excluding hydrogens is 823 g/mol. The molecule has 7 rings (SSSR count). The van der Waals surface area contributed by atoms with Crippen LogP contribution in [0.3, 0.4) is 0 Å². The van der Waals surface area contributed by atoms with Gasteiger partial charge in [0.2, 0.25) is 0 Å². The highest BCUT2D eigenvalue weighted by Crippen LogP contribution is 2.49. The first-order chi connectivity index (χ1) is 30.4. The second-order valence-corrected chi connectivity index (χ2v) is 19.7. The minimum Gasteiger partial charge on any atom is -0.386 e. The molecule has 14 heteroatoms. The highest BCUT2D eigenvalue weighted by atomic mass is 16.7. The normalized spacial score (nSPS) is 48.9. The van der Waals surface area contributed by atoms with Crippen LogP contribution < -0.4 is 0 Å². The van der Waals surface area contributed by atoms with Crippen molar-refractivity contribution < 1.29 is 62.7 Å². The maximum absolute atomic E-state index is 15.0. The van der Waals surface area contributed by atoms with Crippen LogP contribution in [0.4, 0.5) is 0 Å². The number of allylic oxidation sites excluding steroid dienone is 2. The number of hydrogen-bond acceptors (Lipinski definition) is 14. The van der Waals surface area contributed by atoms with Crippen LogP contribution in [-0.4, -0.2) is 133 Å². The number of nitrogens with zero attached hydrogens (tertiary/aromatic N) is 1. The number of rotatable bonds is 9. The zero-order valence-electron chi connectivity index (χ0n) is 39.4. The zero-order chi connectivity index (χ0) is 46.3. The van der Waals surface area contributed by atoms with E-state index in [1.165, 1.54) is 7.11 Å². The van der Waals surface area contributed by atoms with Gasteiger partial charge in [-0.25, -0.2) is 0 Å². The Kier molecular flexibility index (Phi) is 15.3. The molecule has 1 spiro atoms. The molecule has 14 nitrogen and oxygen atoms in total. The molecule has 20 atom stereocenters. The smallest absolute Gasteiger partial charge is 0.189 e. The van der Waals surface area contributed by atoms with Gasteiger partial charge in [0, 0.05) is 51.2 Å². The molecule has 0 amide bonds. The average molecular weight is 896 g/mol. The summed E-state index contributed by atoms with van der Waals surface area (Å²) in [5.41, 5.74) is -1.14. The Morgan fingerprint density at radius 2 is 1.72 bits per heavy atom. The lowest BCUT2D eigenvalue weighted by Crippen LogP contribution is -2.60. The van der Waals surface area contributed by atoms with Gasteiger partial charge in [-0.3, -0.25) is 4.79 Å². The van der Waals surface area contributed by atoms with E-state index in [1.54, 1.807) is 27.0 Å². The number of carbonyl (C=O) groups is 1.